The van der Waals surface area contributed by atoms with Gasteiger partial charge in [-0.25, -0.2) is 4.57 Å². The Morgan fingerprint density at radius 1 is 0.405 bits per heavy atom. The van der Waals surface area contributed by atoms with Crippen LogP contribution in [0.2, 0.25) is 0 Å². The molecule has 3 atom stereocenters. The number of hydrogen-bond acceptors (Lipinski definition) is 10. The van der Waals surface area contributed by atoms with Crippen LogP contribution in [-0.2, 0) is 42.2 Å². The molecule has 74 heavy (non-hydrogen) atoms. The fourth-order valence-electron chi connectivity index (χ4n) is 7.87. The van der Waals surface area contributed by atoms with E-state index in [0.29, 0.717) is 19.3 Å². The molecule has 0 rings (SSSR count). The molecule has 3 unspecified atom stereocenters. The van der Waals surface area contributed by atoms with E-state index in [0.717, 1.165) is 89.9 Å². The molecule has 0 aromatic heterocycles. The standard InChI is InChI=1S/C62H107O11P/c1-4-7-10-13-16-19-22-25-28-29-32-33-36-39-42-45-48-51-60(64)69-55-59(73-62(66)53-50-47-44-41-38-35-31-27-24-21-18-15-12-9-6-3)57-71-74(67,68)70-56-58(54-63)72-61(65)52-49-46-43-40-37-34-30-26-23-20-17-14-11-8-5-2/h9,12,17-18,20-21,26-27,30-31,38,41,47,50,58-59,63H,4-8,10-11,13-16,19,22-25,28-29,32-37,39-40,42-46,48-49,51-57H2,1-3H3,(H,67,68)/b12-9-,20-17-,21-18-,30-26-,31-27-,41-38-,50-47-. The summed E-state index contributed by atoms with van der Waals surface area (Å²) < 4.78 is 39.4. The molecule has 0 bridgehead atoms. The fraction of sp³-hybridized carbons (Fsp3) is 0.726. The van der Waals surface area contributed by atoms with Crippen LogP contribution in [0.3, 0.4) is 0 Å². The number of aliphatic hydroxyl groups is 1. The molecule has 0 saturated heterocycles. The molecule has 0 aliphatic rings. The van der Waals surface area contributed by atoms with Crippen molar-refractivity contribution in [2.75, 3.05) is 26.4 Å². The highest BCUT2D eigenvalue weighted by atomic mass is 31.2. The van der Waals surface area contributed by atoms with Gasteiger partial charge in [0.25, 0.3) is 0 Å². The first-order valence-corrected chi connectivity index (χ1v) is 31.0. The van der Waals surface area contributed by atoms with E-state index in [1.807, 2.05) is 12.2 Å². The topological polar surface area (TPSA) is 155 Å². The van der Waals surface area contributed by atoms with Crippen molar-refractivity contribution in [1.82, 2.24) is 0 Å². The molecular formula is C62H107O11P. The van der Waals surface area contributed by atoms with E-state index < -0.39 is 57.8 Å². The summed E-state index contributed by atoms with van der Waals surface area (Å²) in [6, 6.07) is 0. The largest absolute Gasteiger partial charge is 0.472 e. The first kappa shape index (κ1) is 70.7. The maximum absolute atomic E-state index is 12.9. The van der Waals surface area contributed by atoms with Crippen LogP contribution in [0.4, 0.5) is 0 Å². The highest BCUT2D eigenvalue weighted by Crippen LogP contribution is 2.43. The van der Waals surface area contributed by atoms with Crippen molar-refractivity contribution < 1.29 is 52.2 Å². The smallest absolute Gasteiger partial charge is 0.462 e. The molecule has 0 saturated carbocycles. The van der Waals surface area contributed by atoms with Crippen LogP contribution < -0.4 is 0 Å². The van der Waals surface area contributed by atoms with Crippen LogP contribution in [0.15, 0.2) is 85.1 Å². The van der Waals surface area contributed by atoms with Gasteiger partial charge >= 0.3 is 25.7 Å². The molecule has 2 N–H and O–H groups in total. The maximum atomic E-state index is 12.9. The molecule has 0 aliphatic carbocycles. The fourth-order valence-corrected chi connectivity index (χ4v) is 8.66. The number of carbonyl (C=O) groups excluding carboxylic acids is 3. The van der Waals surface area contributed by atoms with E-state index >= 15 is 0 Å². The minimum atomic E-state index is -4.78. The van der Waals surface area contributed by atoms with E-state index in [1.54, 1.807) is 6.08 Å². The molecule has 0 heterocycles. The Labute approximate surface area is 451 Å². The number of unbranched alkanes of at least 4 members (excludes halogenated alkanes) is 24. The van der Waals surface area contributed by atoms with E-state index in [2.05, 4.69) is 87.6 Å². The Balaban J connectivity index is 4.80. The van der Waals surface area contributed by atoms with Crippen LogP contribution in [0, 0.1) is 0 Å². The van der Waals surface area contributed by atoms with Gasteiger partial charge in [-0.2, -0.15) is 0 Å². The minimum absolute atomic E-state index is 0.0662. The third kappa shape index (κ3) is 53.5. The lowest BCUT2D eigenvalue weighted by atomic mass is 10.0. The number of esters is 3. The number of carbonyl (C=O) groups is 3. The van der Waals surface area contributed by atoms with Crippen LogP contribution in [0.5, 0.6) is 0 Å². The summed E-state index contributed by atoms with van der Waals surface area (Å²) in [7, 11) is -4.78. The van der Waals surface area contributed by atoms with Gasteiger partial charge < -0.3 is 24.2 Å². The maximum Gasteiger partial charge on any atom is 0.472 e. The molecule has 0 radical (unpaired) electrons. The van der Waals surface area contributed by atoms with Gasteiger partial charge in [-0.3, -0.25) is 23.4 Å². The molecule has 0 aromatic rings. The molecule has 12 heteroatoms. The van der Waals surface area contributed by atoms with Crippen LogP contribution in [0.1, 0.15) is 252 Å². The predicted octanol–water partition coefficient (Wildman–Crippen LogP) is 17.5. The second-order valence-corrected chi connectivity index (χ2v) is 20.9. The zero-order valence-electron chi connectivity index (χ0n) is 47.0. The molecule has 0 spiro atoms. The quantitative estimate of drug-likeness (QED) is 0.0197. The van der Waals surface area contributed by atoms with E-state index in [1.165, 1.54) is 103 Å². The van der Waals surface area contributed by atoms with Gasteiger partial charge in [0.05, 0.1) is 26.2 Å². The van der Waals surface area contributed by atoms with Crippen LogP contribution >= 0.6 is 7.82 Å². The van der Waals surface area contributed by atoms with Crippen molar-refractivity contribution in [1.29, 1.82) is 0 Å². The molecule has 11 nitrogen and oxygen atoms in total. The number of allylic oxidation sites excluding steroid dienone is 13. The van der Waals surface area contributed by atoms with Gasteiger partial charge in [-0.1, -0.05) is 241 Å². The Hall–Kier alpha value is -3.34. The Bertz CT molecular complexity index is 1560. The van der Waals surface area contributed by atoms with Gasteiger partial charge in [0, 0.05) is 12.8 Å². The summed E-state index contributed by atoms with van der Waals surface area (Å²) in [5.74, 6) is -1.63. The molecule has 0 amide bonds. The number of ether oxygens (including phenoxy) is 3. The molecule has 426 valence electrons. The predicted molar refractivity (Wildman–Crippen MR) is 307 cm³/mol. The van der Waals surface area contributed by atoms with Crippen LogP contribution in [-0.4, -0.2) is 66.5 Å². The SMILES string of the molecule is CC/C=C\C/C=C\C/C=C\C/C=C\C/C=C\CC(=O)OC(COC(=O)CCCCCCCCCCCCCCCCCCC)COP(=O)(O)OCC(CO)OC(=O)CCCCCCC/C=C\C/C=C\CCCCC. The van der Waals surface area contributed by atoms with Gasteiger partial charge in [0.15, 0.2) is 6.10 Å². The lowest BCUT2D eigenvalue weighted by Gasteiger charge is -2.21. The van der Waals surface area contributed by atoms with E-state index in [9.17, 15) is 28.9 Å². The summed E-state index contributed by atoms with van der Waals surface area (Å²) >= 11 is 0. The van der Waals surface area contributed by atoms with Gasteiger partial charge in [-0.05, 0) is 77.0 Å². The average molecular weight is 1060 g/mol. The van der Waals surface area contributed by atoms with Gasteiger partial charge in [0.1, 0.15) is 12.7 Å². The van der Waals surface area contributed by atoms with Gasteiger partial charge in [-0.15, -0.1) is 0 Å². The second kappa shape index (κ2) is 55.9. The van der Waals surface area contributed by atoms with E-state index in [4.69, 9.17) is 23.3 Å². The highest BCUT2D eigenvalue weighted by molar-refractivity contribution is 7.47. The summed E-state index contributed by atoms with van der Waals surface area (Å²) in [4.78, 5) is 48.5. The van der Waals surface area contributed by atoms with Crippen molar-refractivity contribution in [3.63, 3.8) is 0 Å². The molecule has 0 aromatic carbocycles. The zero-order chi connectivity index (χ0) is 54.1. The molecule has 0 aliphatic heterocycles. The lowest BCUT2D eigenvalue weighted by Crippen LogP contribution is -2.30. The summed E-state index contributed by atoms with van der Waals surface area (Å²) in [6.07, 6.45) is 64.3. The monoisotopic (exact) mass is 1060 g/mol. The first-order valence-electron chi connectivity index (χ1n) is 29.5. The average Bonchev–Trinajstić information content (AvgIpc) is 3.39. The number of phosphoric acid groups is 1. The zero-order valence-corrected chi connectivity index (χ0v) is 47.9. The number of rotatable bonds is 54. The molecule has 0 fully saturated rings. The highest BCUT2D eigenvalue weighted by Gasteiger charge is 2.28. The van der Waals surface area contributed by atoms with E-state index in [-0.39, 0.29) is 25.9 Å². The second-order valence-electron chi connectivity index (χ2n) is 19.4. The summed E-state index contributed by atoms with van der Waals surface area (Å²) in [5.41, 5.74) is 0. The first-order chi connectivity index (χ1) is 36.2. The van der Waals surface area contributed by atoms with Crippen LogP contribution in [0.25, 0.3) is 0 Å². The third-order valence-electron chi connectivity index (χ3n) is 12.3. The third-order valence-corrected chi connectivity index (χ3v) is 13.3. The number of phosphoric ester groups is 1. The Kier molecular flexibility index (Phi) is 53.4. The lowest BCUT2D eigenvalue weighted by molar-refractivity contribution is -0.160. The Morgan fingerprint density at radius 3 is 1.22 bits per heavy atom. The molecular weight excluding hydrogens is 952 g/mol. The van der Waals surface area contributed by atoms with Crippen molar-refractivity contribution in [3.05, 3.63) is 85.1 Å². The number of aliphatic hydroxyl groups excluding tert-OH is 1. The summed E-state index contributed by atoms with van der Waals surface area (Å²) in [6.45, 7) is 4.40. The Morgan fingerprint density at radius 2 is 0.757 bits per heavy atom. The van der Waals surface area contributed by atoms with Crippen molar-refractivity contribution >= 4 is 25.7 Å². The normalized spacial score (nSPS) is 14.0. The van der Waals surface area contributed by atoms with Crippen molar-refractivity contribution in [3.8, 4) is 0 Å². The van der Waals surface area contributed by atoms with Crippen molar-refractivity contribution in [2.45, 2.75) is 264 Å². The minimum Gasteiger partial charge on any atom is -0.462 e. The van der Waals surface area contributed by atoms with Crippen molar-refractivity contribution in [2.24, 2.45) is 0 Å². The number of hydrogen-bond donors (Lipinski definition) is 2. The van der Waals surface area contributed by atoms with Gasteiger partial charge in [0.2, 0.25) is 0 Å². The summed E-state index contributed by atoms with van der Waals surface area (Å²) in [5, 5.41) is 9.81.